The molecule has 1 amide bonds. The summed E-state index contributed by atoms with van der Waals surface area (Å²) in [7, 11) is -2.21. The number of benzene rings is 2. The molecule has 0 spiro atoms. The zero-order valence-corrected chi connectivity index (χ0v) is 15.6. The van der Waals surface area contributed by atoms with E-state index in [4.69, 9.17) is 10.00 Å². The van der Waals surface area contributed by atoms with Crippen LogP contribution in [0.15, 0.2) is 53.4 Å². The van der Waals surface area contributed by atoms with Gasteiger partial charge in [-0.05, 0) is 36.4 Å². The van der Waals surface area contributed by atoms with E-state index in [1.54, 1.807) is 48.4 Å². The summed E-state index contributed by atoms with van der Waals surface area (Å²) in [4.78, 5) is 14.2. The van der Waals surface area contributed by atoms with Crippen LogP contribution in [-0.2, 0) is 10.0 Å². The molecule has 1 fully saturated rings. The number of nitrogens with zero attached hydrogens (tertiary/aromatic N) is 3. The number of carbonyl (C=O) groups excluding carboxylic acids is 1. The van der Waals surface area contributed by atoms with Crippen molar-refractivity contribution in [2.45, 2.75) is 4.90 Å². The number of amides is 1. The van der Waals surface area contributed by atoms with E-state index < -0.39 is 10.0 Å². The van der Waals surface area contributed by atoms with E-state index in [0.717, 1.165) is 0 Å². The molecule has 27 heavy (non-hydrogen) atoms. The molecule has 2 aromatic rings. The summed E-state index contributed by atoms with van der Waals surface area (Å²) in [6.45, 7) is 0.950. The molecule has 0 saturated carbocycles. The average molecular weight is 385 g/mol. The second-order valence-electron chi connectivity index (χ2n) is 6.03. The van der Waals surface area contributed by atoms with E-state index in [2.05, 4.69) is 0 Å². The fraction of sp³-hybridized carbons (Fsp3) is 0.263. The Bertz CT molecular complexity index is 973. The quantitative estimate of drug-likeness (QED) is 0.799. The van der Waals surface area contributed by atoms with Crippen molar-refractivity contribution < 1.29 is 17.9 Å². The predicted octanol–water partition coefficient (Wildman–Crippen LogP) is 1.71. The van der Waals surface area contributed by atoms with Crippen molar-refractivity contribution in [3.8, 4) is 11.8 Å². The van der Waals surface area contributed by atoms with Crippen LogP contribution in [0.25, 0.3) is 0 Å². The van der Waals surface area contributed by atoms with E-state index >= 15 is 0 Å². The molecule has 0 N–H and O–H groups in total. The maximum atomic E-state index is 12.8. The van der Waals surface area contributed by atoms with Gasteiger partial charge in [0.2, 0.25) is 10.0 Å². The van der Waals surface area contributed by atoms with Gasteiger partial charge in [-0.3, -0.25) is 4.79 Å². The number of hydrogen-bond donors (Lipinski definition) is 0. The SMILES string of the molecule is COc1ccc(C(=O)N2CCN(S(=O)(=O)c3ccccc3C#N)CC2)cc1. The molecular weight excluding hydrogens is 366 g/mol. The molecule has 0 radical (unpaired) electrons. The molecule has 3 rings (SSSR count). The molecule has 1 heterocycles. The molecule has 0 unspecified atom stereocenters. The Labute approximate surface area is 158 Å². The van der Waals surface area contributed by atoms with E-state index in [9.17, 15) is 13.2 Å². The highest BCUT2D eigenvalue weighted by atomic mass is 32.2. The fourth-order valence-electron chi connectivity index (χ4n) is 2.97. The van der Waals surface area contributed by atoms with Gasteiger partial charge in [-0.1, -0.05) is 12.1 Å². The lowest BCUT2D eigenvalue weighted by atomic mass is 10.2. The van der Waals surface area contributed by atoms with Gasteiger partial charge in [0.1, 0.15) is 11.8 Å². The van der Waals surface area contributed by atoms with Gasteiger partial charge in [0, 0.05) is 31.7 Å². The van der Waals surface area contributed by atoms with E-state index in [1.165, 1.54) is 16.4 Å². The highest BCUT2D eigenvalue weighted by molar-refractivity contribution is 7.89. The van der Waals surface area contributed by atoms with Crippen molar-refractivity contribution >= 4 is 15.9 Å². The van der Waals surface area contributed by atoms with Crippen molar-refractivity contribution in [3.05, 3.63) is 59.7 Å². The largest absolute Gasteiger partial charge is 0.497 e. The Kier molecular flexibility index (Phi) is 5.44. The number of ether oxygens (including phenoxy) is 1. The molecule has 7 nitrogen and oxygen atoms in total. The van der Waals surface area contributed by atoms with Crippen LogP contribution in [0.4, 0.5) is 0 Å². The molecule has 0 atom stereocenters. The van der Waals surface area contributed by atoms with Crippen molar-refractivity contribution in [2.24, 2.45) is 0 Å². The first-order valence-electron chi connectivity index (χ1n) is 8.40. The minimum Gasteiger partial charge on any atom is -0.497 e. The summed E-state index contributed by atoms with van der Waals surface area (Å²) in [6.07, 6.45) is 0. The Balaban J connectivity index is 1.71. The Morgan fingerprint density at radius 1 is 1.04 bits per heavy atom. The number of nitriles is 1. The first-order chi connectivity index (χ1) is 13.0. The van der Waals surface area contributed by atoms with Crippen LogP contribution in [0.1, 0.15) is 15.9 Å². The maximum absolute atomic E-state index is 12.8. The summed E-state index contributed by atoms with van der Waals surface area (Å²) >= 11 is 0. The minimum absolute atomic E-state index is 0.00225. The van der Waals surface area contributed by atoms with Gasteiger partial charge in [0.25, 0.3) is 5.91 Å². The van der Waals surface area contributed by atoms with Gasteiger partial charge < -0.3 is 9.64 Å². The number of methoxy groups -OCH3 is 1. The third kappa shape index (κ3) is 3.79. The van der Waals surface area contributed by atoms with Gasteiger partial charge in [-0.15, -0.1) is 0 Å². The van der Waals surface area contributed by atoms with Crippen LogP contribution in [-0.4, -0.2) is 56.8 Å². The van der Waals surface area contributed by atoms with Crippen molar-refractivity contribution in [3.63, 3.8) is 0 Å². The Morgan fingerprint density at radius 2 is 1.67 bits per heavy atom. The number of piperazine rings is 1. The van der Waals surface area contributed by atoms with Crippen LogP contribution in [0.3, 0.4) is 0 Å². The molecule has 1 saturated heterocycles. The molecular formula is C19H19N3O4S. The molecule has 140 valence electrons. The van der Waals surface area contributed by atoms with Gasteiger partial charge in [0.05, 0.1) is 17.6 Å². The third-order valence-corrected chi connectivity index (χ3v) is 6.44. The molecule has 8 heteroatoms. The van der Waals surface area contributed by atoms with Crippen molar-refractivity contribution in [1.82, 2.24) is 9.21 Å². The normalized spacial score (nSPS) is 15.2. The molecule has 1 aliphatic heterocycles. The molecule has 0 aromatic heterocycles. The summed E-state index contributed by atoms with van der Waals surface area (Å²) in [6, 6.07) is 14.9. The van der Waals surface area contributed by atoms with Gasteiger partial charge in [0.15, 0.2) is 0 Å². The number of hydrogen-bond acceptors (Lipinski definition) is 5. The standard InChI is InChI=1S/C19H19N3O4S/c1-26-17-8-6-15(7-9-17)19(23)21-10-12-22(13-11-21)27(24,25)18-5-3-2-4-16(18)14-20/h2-9H,10-13H2,1H3. The topological polar surface area (TPSA) is 90.7 Å². The number of rotatable bonds is 4. The van der Waals surface area contributed by atoms with Gasteiger partial charge in [-0.25, -0.2) is 8.42 Å². The lowest BCUT2D eigenvalue weighted by Crippen LogP contribution is -2.50. The number of sulfonamides is 1. The highest BCUT2D eigenvalue weighted by Gasteiger charge is 2.31. The van der Waals surface area contributed by atoms with Crippen LogP contribution >= 0.6 is 0 Å². The number of carbonyl (C=O) groups is 1. The van der Waals surface area contributed by atoms with E-state index in [0.29, 0.717) is 24.4 Å². The average Bonchev–Trinajstić information content (AvgIpc) is 2.73. The second kappa shape index (κ2) is 7.78. The first-order valence-corrected chi connectivity index (χ1v) is 9.84. The summed E-state index contributed by atoms with van der Waals surface area (Å²) < 4.78 is 32.1. The third-order valence-electron chi connectivity index (χ3n) is 4.49. The zero-order chi connectivity index (χ0) is 19.4. The molecule has 1 aliphatic rings. The van der Waals surface area contributed by atoms with Crippen LogP contribution in [0.5, 0.6) is 5.75 Å². The highest BCUT2D eigenvalue weighted by Crippen LogP contribution is 2.22. The van der Waals surface area contributed by atoms with E-state index in [-0.39, 0.29) is 29.5 Å². The first kappa shape index (κ1) is 18.9. The molecule has 0 aliphatic carbocycles. The maximum Gasteiger partial charge on any atom is 0.253 e. The van der Waals surface area contributed by atoms with Crippen LogP contribution < -0.4 is 4.74 Å². The summed E-state index contributed by atoms with van der Waals surface area (Å²) in [5.74, 6) is 0.519. The predicted molar refractivity (Wildman–Crippen MR) is 98.8 cm³/mol. The lowest BCUT2D eigenvalue weighted by molar-refractivity contribution is 0.0698. The van der Waals surface area contributed by atoms with Crippen LogP contribution in [0, 0.1) is 11.3 Å². The van der Waals surface area contributed by atoms with Gasteiger partial charge >= 0.3 is 0 Å². The van der Waals surface area contributed by atoms with Crippen molar-refractivity contribution in [2.75, 3.05) is 33.3 Å². The zero-order valence-electron chi connectivity index (χ0n) is 14.8. The van der Waals surface area contributed by atoms with Crippen molar-refractivity contribution in [1.29, 1.82) is 5.26 Å². The van der Waals surface area contributed by atoms with Gasteiger partial charge in [-0.2, -0.15) is 9.57 Å². The van der Waals surface area contributed by atoms with E-state index in [1.807, 2.05) is 6.07 Å². The lowest BCUT2D eigenvalue weighted by Gasteiger charge is -2.34. The smallest absolute Gasteiger partial charge is 0.253 e. The van der Waals surface area contributed by atoms with Crippen LogP contribution in [0.2, 0.25) is 0 Å². The fourth-order valence-corrected chi connectivity index (χ4v) is 4.54. The summed E-state index contributed by atoms with van der Waals surface area (Å²) in [5, 5.41) is 9.16. The summed E-state index contributed by atoms with van der Waals surface area (Å²) in [5.41, 5.74) is 0.649. The Hall–Kier alpha value is -2.89. The monoisotopic (exact) mass is 385 g/mol. The molecule has 0 bridgehead atoms. The molecule has 2 aromatic carbocycles. The minimum atomic E-state index is -3.77. The second-order valence-corrected chi connectivity index (χ2v) is 7.94. The Morgan fingerprint density at radius 3 is 2.26 bits per heavy atom.